The summed E-state index contributed by atoms with van der Waals surface area (Å²) in [5.41, 5.74) is 0.551. The van der Waals surface area contributed by atoms with Crippen LogP contribution in [0.4, 0.5) is 5.69 Å². The number of piperazine rings is 1. The van der Waals surface area contributed by atoms with Crippen LogP contribution in [0.1, 0.15) is 23.2 Å². The average Bonchev–Trinajstić information content (AvgIpc) is 3.01. The van der Waals surface area contributed by atoms with Crippen molar-refractivity contribution < 1.29 is 22.7 Å². The first-order valence-corrected chi connectivity index (χ1v) is 15.7. The molecule has 10 nitrogen and oxygen atoms in total. The molecule has 0 saturated carbocycles. The molecule has 2 aliphatic heterocycles. The van der Waals surface area contributed by atoms with E-state index in [0.29, 0.717) is 30.6 Å². The quantitative estimate of drug-likeness (QED) is 0.393. The van der Waals surface area contributed by atoms with E-state index in [1.807, 2.05) is 18.2 Å². The molecule has 2 fully saturated rings. The van der Waals surface area contributed by atoms with Crippen molar-refractivity contribution in [2.24, 2.45) is 0 Å². The van der Waals surface area contributed by atoms with Crippen LogP contribution in [0.25, 0.3) is 0 Å². The van der Waals surface area contributed by atoms with Crippen LogP contribution in [0.3, 0.4) is 0 Å². The Labute approximate surface area is 247 Å². The fourth-order valence-electron chi connectivity index (χ4n) is 5.31. The Morgan fingerprint density at radius 3 is 2.17 bits per heavy atom. The summed E-state index contributed by atoms with van der Waals surface area (Å²) in [5.74, 6) is 0.377. The Balaban J connectivity index is 1.12. The number of hydrogen-bond acceptors (Lipinski definition) is 7. The van der Waals surface area contributed by atoms with E-state index in [1.165, 1.54) is 24.3 Å². The molecular weight excluding hydrogens is 554 g/mol. The van der Waals surface area contributed by atoms with Gasteiger partial charge in [-0.1, -0.05) is 30.3 Å². The SMILES string of the molecule is CN1CCC(N2CCN(C(=O)CNC(=O)c3ccc(S(=O)(=O)Nc4ccccc4Oc4ccccc4)cc3)CC2)CC1. The minimum atomic E-state index is -3.96. The topological polar surface area (TPSA) is 111 Å². The molecule has 42 heavy (non-hydrogen) atoms. The highest BCUT2D eigenvalue weighted by molar-refractivity contribution is 7.92. The number of rotatable bonds is 9. The average molecular weight is 592 g/mol. The van der Waals surface area contributed by atoms with Gasteiger partial charge in [0.2, 0.25) is 5.91 Å². The molecule has 11 heteroatoms. The number of nitrogens with zero attached hydrogens (tertiary/aromatic N) is 3. The Hall–Kier alpha value is -3.93. The van der Waals surface area contributed by atoms with Crippen molar-refractivity contribution in [3.8, 4) is 11.5 Å². The number of ether oxygens (including phenoxy) is 1. The number of para-hydroxylation sites is 3. The third-order valence-electron chi connectivity index (χ3n) is 7.80. The maximum absolute atomic E-state index is 13.1. The monoisotopic (exact) mass is 591 g/mol. The zero-order valence-corrected chi connectivity index (χ0v) is 24.6. The molecule has 2 aliphatic rings. The van der Waals surface area contributed by atoms with Gasteiger partial charge in [-0.15, -0.1) is 0 Å². The zero-order valence-electron chi connectivity index (χ0n) is 23.7. The molecule has 2 N–H and O–H groups in total. The van der Waals surface area contributed by atoms with Gasteiger partial charge >= 0.3 is 0 Å². The molecule has 0 atom stereocenters. The highest BCUT2D eigenvalue weighted by Crippen LogP contribution is 2.31. The molecule has 0 radical (unpaired) electrons. The molecule has 0 bridgehead atoms. The summed E-state index contributed by atoms with van der Waals surface area (Å²) in [6, 6.07) is 22.0. The summed E-state index contributed by atoms with van der Waals surface area (Å²) < 4.78 is 34.6. The summed E-state index contributed by atoms with van der Waals surface area (Å²) >= 11 is 0. The number of carbonyl (C=O) groups is 2. The van der Waals surface area contributed by atoms with Crippen molar-refractivity contribution in [3.63, 3.8) is 0 Å². The Bertz CT molecular complexity index is 1470. The second kappa shape index (κ2) is 13.4. The number of amides is 2. The van der Waals surface area contributed by atoms with Gasteiger partial charge in [0.1, 0.15) is 5.75 Å². The van der Waals surface area contributed by atoms with Crippen LogP contribution in [-0.2, 0) is 14.8 Å². The highest BCUT2D eigenvalue weighted by Gasteiger charge is 2.28. The summed E-state index contributed by atoms with van der Waals surface area (Å²) in [7, 11) is -1.80. The van der Waals surface area contributed by atoms with E-state index >= 15 is 0 Å². The van der Waals surface area contributed by atoms with Gasteiger partial charge in [0.25, 0.3) is 15.9 Å². The van der Waals surface area contributed by atoms with Gasteiger partial charge in [0.15, 0.2) is 5.75 Å². The van der Waals surface area contributed by atoms with Crippen LogP contribution >= 0.6 is 0 Å². The van der Waals surface area contributed by atoms with E-state index in [9.17, 15) is 18.0 Å². The number of anilines is 1. The van der Waals surface area contributed by atoms with E-state index < -0.39 is 15.9 Å². The molecule has 0 spiro atoms. The predicted octanol–water partition coefficient (Wildman–Crippen LogP) is 3.25. The number of carbonyl (C=O) groups excluding carboxylic acids is 2. The number of likely N-dealkylation sites (tertiary alicyclic amines) is 1. The van der Waals surface area contributed by atoms with Crippen LogP contribution in [-0.4, -0.2) is 93.8 Å². The first kappa shape index (κ1) is 29.6. The summed E-state index contributed by atoms with van der Waals surface area (Å²) in [4.78, 5) is 32.1. The van der Waals surface area contributed by atoms with Crippen molar-refractivity contribution in [2.45, 2.75) is 23.8 Å². The largest absolute Gasteiger partial charge is 0.455 e. The van der Waals surface area contributed by atoms with Crippen LogP contribution in [0.5, 0.6) is 11.5 Å². The fraction of sp³-hybridized carbons (Fsp3) is 0.355. The van der Waals surface area contributed by atoms with Gasteiger partial charge in [0.05, 0.1) is 17.1 Å². The van der Waals surface area contributed by atoms with Crippen LogP contribution < -0.4 is 14.8 Å². The molecular formula is C31H37N5O5S. The van der Waals surface area contributed by atoms with Gasteiger partial charge < -0.3 is 19.9 Å². The highest BCUT2D eigenvalue weighted by atomic mass is 32.2. The van der Waals surface area contributed by atoms with E-state index in [4.69, 9.17) is 4.74 Å². The van der Waals surface area contributed by atoms with Crippen molar-refractivity contribution in [2.75, 3.05) is 57.6 Å². The molecule has 0 aliphatic carbocycles. The minimum absolute atomic E-state index is 0.00729. The third kappa shape index (κ3) is 7.47. The molecule has 2 saturated heterocycles. The molecule has 3 aromatic carbocycles. The van der Waals surface area contributed by atoms with Crippen molar-refractivity contribution in [3.05, 3.63) is 84.4 Å². The molecule has 2 heterocycles. The second-order valence-corrected chi connectivity index (χ2v) is 12.4. The van der Waals surface area contributed by atoms with Gasteiger partial charge in [-0.25, -0.2) is 8.42 Å². The standard InChI is InChI=1S/C31H37N5O5S/c1-34-17-15-25(16-18-34)35-19-21-36(22-20-35)30(37)23-32-31(38)24-11-13-27(14-12-24)42(39,40)33-28-9-5-6-10-29(28)41-26-7-3-2-4-8-26/h2-14,25,33H,15-23H2,1H3,(H,32,38). The Kier molecular flexibility index (Phi) is 9.41. The summed E-state index contributed by atoms with van der Waals surface area (Å²) in [6.45, 7) is 5.11. The van der Waals surface area contributed by atoms with Gasteiger partial charge in [-0.3, -0.25) is 19.2 Å². The zero-order chi connectivity index (χ0) is 29.5. The lowest BCUT2D eigenvalue weighted by Gasteiger charge is -2.42. The third-order valence-corrected chi connectivity index (χ3v) is 9.18. The van der Waals surface area contributed by atoms with Crippen molar-refractivity contribution >= 4 is 27.5 Å². The lowest BCUT2D eigenvalue weighted by molar-refractivity contribution is -0.132. The van der Waals surface area contributed by atoms with Gasteiger partial charge in [-0.2, -0.15) is 0 Å². The van der Waals surface area contributed by atoms with Crippen LogP contribution in [0.15, 0.2) is 83.8 Å². The summed E-state index contributed by atoms with van der Waals surface area (Å²) in [6.07, 6.45) is 2.32. The molecule has 3 aromatic rings. The number of nitrogens with one attached hydrogen (secondary N) is 2. The second-order valence-electron chi connectivity index (χ2n) is 10.7. The number of piperidine rings is 1. The van der Waals surface area contributed by atoms with E-state index in [0.717, 1.165) is 39.0 Å². The predicted molar refractivity (Wildman–Crippen MR) is 161 cm³/mol. The number of hydrogen-bond donors (Lipinski definition) is 2. The van der Waals surface area contributed by atoms with E-state index in [2.05, 4.69) is 26.9 Å². The van der Waals surface area contributed by atoms with Gasteiger partial charge in [-0.05, 0) is 81.5 Å². The van der Waals surface area contributed by atoms with E-state index in [-0.39, 0.29) is 28.6 Å². The lowest BCUT2D eigenvalue weighted by atomic mass is 10.0. The smallest absolute Gasteiger partial charge is 0.262 e. The van der Waals surface area contributed by atoms with Crippen molar-refractivity contribution in [1.82, 2.24) is 20.0 Å². The maximum Gasteiger partial charge on any atom is 0.262 e. The molecule has 0 unspecified atom stereocenters. The van der Waals surface area contributed by atoms with Crippen LogP contribution in [0, 0.1) is 0 Å². The van der Waals surface area contributed by atoms with Crippen molar-refractivity contribution in [1.29, 1.82) is 0 Å². The molecule has 5 rings (SSSR count). The minimum Gasteiger partial charge on any atom is -0.455 e. The van der Waals surface area contributed by atoms with Gasteiger partial charge in [0, 0.05) is 37.8 Å². The molecule has 0 aromatic heterocycles. The molecule has 2 amide bonds. The van der Waals surface area contributed by atoms with Crippen LogP contribution in [0.2, 0.25) is 0 Å². The fourth-order valence-corrected chi connectivity index (χ4v) is 6.38. The first-order chi connectivity index (χ1) is 20.3. The molecule has 222 valence electrons. The summed E-state index contributed by atoms with van der Waals surface area (Å²) in [5, 5.41) is 2.67. The lowest BCUT2D eigenvalue weighted by Crippen LogP contribution is -2.55. The first-order valence-electron chi connectivity index (χ1n) is 14.2. The number of benzene rings is 3. The Morgan fingerprint density at radius 2 is 1.48 bits per heavy atom. The Morgan fingerprint density at radius 1 is 0.833 bits per heavy atom. The maximum atomic E-state index is 13.1. The normalized spacial score (nSPS) is 17.0. The number of sulfonamides is 1. The van der Waals surface area contributed by atoms with E-state index in [1.54, 1.807) is 41.3 Å².